The van der Waals surface area contributed by atoms with Crippen LogP contribution in [-0.4, -0.2) is 34.9 Å². The standard InChI is InChI=1S/C22H27NO2/c1-23-16-8-7-14-22(23,15-13-19-11-5-6-12-20(19)24)17-21(25)18-9-3-2-4-10-18/h2-6,9-12,24H,7-8,13-17H2,1H3. The summed E-state index contributed by atoms with van der Waals surface area (Å²) >= 11 is 0. The molecule has 3 heteroatoms. The number of nitrogens with zero attached hydrogens (tertiary/aromatic N) is 1. The van der Waals surface area contributed by atoms with Crippen molar-refractivity contribution in [3.05, 3.63) is 65.7 Å². The number of aromatic hydroxyl groups is 1. The van der Waals surface area contributed by atoms with Gasteiger partial charge in [0.05, 0.1) is 0 Å². The van der Waals surface area contributed by atoms with Crippen LogP contribution in [0.4, 0.5) is 0 Å². The van der Waals surface area contributed by atoms with E-state index in [1.54, 1.807) is 6.07 Å². The molecule has 0 aliphatic carbocycles. The number of benzene rings is 2. The van der Waals surface area contributed by atoms with Crippen LogP contribution in [0.25, 0.3) is 0 Å². The molecule has 1 atom stereocenters. The van der Waals surface area contributed by atoms with Crippen LogP contribution in [-0.2, 0) is 6.42 Å². The van der Waals surface area contributed by atoms with Crippen molar-refractivity contribution in [2.24, 2.45) is 0 Å². The fourth-order valence-electron chi connectivity index (χ4n) is 3.97. The summed E-state index contributed by atoms with van der Waals surface area (Å²) in [5.74, 6) is 0.567. The number of rotatable bonds is 6. The Morgan fingerprint density at radius 3 is 2.52 bits per heavy atom. The van der Waals surface area contributed by atoms with Gasteiger partial charge in [0.1, 0.15) is 5.75 Å². The lowest BCUT2D eigenvalue weighted by Crippen LogP contribution is -2.51. The number of para-hydroxylation sites is 1. The molecule has 1 aliphatic heterocycles. The molecular formula is C22H27NO2. The van der Waals surface area contributed by atoms with Crippen LogP contribution in [0.3, 0.4) is 0 Å². The number of phenols is 1. The van der Waals surface area contributed by atoms with Gasteiger partial charge in [0.25, 0.3) is 0 Å². The van der Waals surface area contributed by atoms with E-state index in [2.05, 4.69) is 11.9 Å². The van der Waals surface area contributed by atoms with E-state index in [0.717, 1.165) is 43.4 Å². The molecule has 1 unspecified atom stereocenters. The number of phenolic OH excluding ortho intramolecular Hbond substituents is 1. The number of Topliss-reactive ketones (excluding diaryl/α,β-unsaturated/α-hetero) is 1. The van der Waals surface area contributed by atoms with Gasteiger partial charge in [-0.1, -0.05) is 55.0 Å². The summed E-state index contributed by atoms with van der Waals surface area (Å²) in [4.78, 5) is 15.2. The normalized spacial score (nSPS) is 21.2. The van der Waals surface area contributed by atoms with Crippen LogP contribution in [0.15, 0.2) is 54.6 Å². The Morgan fingerprint density at radius 2 is 1.80 bits per heavy atom. The zero-order chi connectivity index (χ0) is 17.7. The molecule has 3 nitrogen and oxygen atoms in total. The number of aryl methyl sites for hydroxylation is 1. The van der Waals surface area contributed by atoms with Gasteiger partial charge in [0, 0.05) is 17.5 Å². The van der Waals surface area contributed by atoms with Crippen LogP contribution in [0, 0.1) is 0 Å². The minimum Gasteiger partial charge on any atom is -0.508 e. The average molecular weight is 337 g/mol. The maximum absolute atomic E-state index is 12.9. The molecule has 0 bridgehead atoms. The Bertz CT molecular complexity index is 713. The highest BCUT2D eigenvalue weighted by molar-refractivity contribution is 5.96. The summed E-state index contributed by atoms with van der Waals surface area (Å²) in [7, 11) is 2.14. The number of likely N-dealkylation sites (tertiary alicyclic amines) is 1. The van der Waals surface area contributed by atoms with E-state index >= 15 is 0 Å². The van der Waals surface area contributed by atoms with E-state index in [4.69, 9.17) is 0 Å². The summed E-state index contributed by atoms with van der Waals surface area (Å²) in [5, 5.41) is 10.1. The van der Waals surface area contributed by atoms with Gasteiger partial charge in [-0.15, -0.1) is 0 Å². The second-order valence-electron chi connectivity index (χ2n) is 7.20. The van der Waals surface area contributed by atoms with Crippen molar-refractivity contribution in [1.29, 1.82) is 0 Å². The summed E-state index contributed by atoms with van der Waals surface area (Å²) in [6.07, 6.45) is 5.61. The van der Waals surface area contributed by atoms with Crippen molar-refractivity contribution in [1.82, 2.24) is 4.90 Å². The minimum absolute atomic E-state index is 0.118. The van der Waals surface area contributed by atoms with Crippen molar-refractivity contribution in [2.45, 2.75) is 44.1 Å². The molecule has 1 aliphatic rings. The molecule has 1 N–H and O–H groups in total. The first-order valence-electron chi connectivity index (χ1n) is 9.17. The van der Waals surface area contributed by atoms with Crippen LogP contribution in [0.5, 0.6) is 5.75 Å². The van der Waals surface area contributed by atoms with Crippen molar-refractivity contribution in [3.63, 3.8) is 0 Å². The number of carbonyl (C=O) groups is 1. The van der Waals surface area contributed by atoms with Crippen molar-refractivity contribution >= 4 is 5.78 Å². The molecule has 1 saturated heterocycles. The van der Waals surface area contributed by atoms with Crippen LogP contribution < -0.4 is 0 Å². The van der Waals surface area contributed by atoms with Gasteiger partial charge < -0.3 is 10.0 Å². The van der Waals surface area contributed by atoms with Gasteiger partial charge in [-0.25, -0.2) is 0 Å². The highest BCUT2D eigenvalue weighted by Gasteiger charge is 2.38. The summed E-state index contributed by atoms with van der Waals surface area (Å²) in [5.41, 5.74) is 1.64. The maximum atomic E-state index is 12.9. The molecule has 132 valence electrons. The number of carbonyl (C=O) groups excluding carboxylic acids is 1. The SMILES string of the molecule is CN1CCCCC1(CCc1ccccc1O)CC(=O)c1ccccc1. The summed E-state index contributed by atoms with van der Waals surface area (Å²) < 4.78 is 0. The molecule has 3 rings (SSSR count). The smallest absolute Gasteiger partial charge is 0.164 e. The predicted molar refractivity (Wildman–Crippen MR) is 101 cm³/mol. The number of hydrogen-bond acceptors (Lipinski definition) is 3. The van der Waals surface area contributed by atoms with Crippen LogP contribution >= 0.6 is 0 Å². The first-order chi connectivity index (χ1) is 12.1. The molecule has 0 saturated carbocycles. The fraction of sp³-hybridized carbons (Fsp3) is 0.409. The van der Waals surface area contributed by atoms with Crippen molar-refractivity contribution in [2.75, 3.05) is 13.6 Å². The number of piperidine rings is 1. The highest BCUT2D eigenvalue weighted by atomic mass is 16.3. The fourth-order valence-corrected chi connectivity index (χ4v) is 3.97. The first kappa shape index (κ1) is 17.7. The van der Waals surface area contributed by atoms with E-state index in [-0.39, 0.29) is 11.3 Å². The molecule has 0 amide bonds. The predicted octanol–water partition coefficient (Wildman–Crippen LogP) is 4.45. The molecule has 25 heavy (non-hydrogen) atoms. The quantitative estimate of drug-likeness (QED) is 0.792. The summed E-state index contributed by atoms with van der Waals surface area (Å²) in [6, 6.07) is 17.1. The highest BCUT2D eigenvalue weighted by Crippen LogP contribution is 2.36. The second kappa shape index (κ2) is 7.83. The Kier molecular flexibility index (Phi) is 5.54. The topological polar surface area (TPSA) is 40.5 Å². The molecule has 0 spiro atoms. The largest absolute Gasteiger partial charge is 0.508 e. The molecule has 1 heterocycles. The van der Waals surface area contributed by atoms with E-state index in [1.807, 2.05) is 48.5 Å². The second-order valence-corrected chi connectivity index (χ2v) is 7.20. The lowest BCUT2D eigenvalue weighted by Gasteiger charge is -2.45. The van der Waals surface area contributed by atoms with Gasteiger partial charge >= 0.3 is 0 Å². The maximum Gasteiger partial charge on any atom is 0.164 e. The zero-order valence-corrected chi connectivity index (χ0v) is 14.9. The third kappa shape index (κ3) is 4.10. The molecule has 0 aromatic heterocycles. The van der Waals surface area contributed by atoms with Crippen LogP contribution in [0.1, 0.15) is 48.0 Å². The molecule has 1 fully saturated rings. The van der Waals surface area contributed by atoms with Gasteiger partial charge in [-0.3, -0.25) is 4.79 Å². The molecule has 0 radical (unpaired) electrons. The Balaban J connectivity index is 1.78. The summed E-state index contributed by atoms with van der Waals surface area (Å²) in [6.45, 7) is 1.03. The van der Waals surface area contributed by atoms with Crippen molar-refractivity contribution < 1.29 is 9.90 Å². The van der Waals surface area contributed by atoms with Crippen LogP contribution in [0.2, 0.25) is 0 Å². The molecule has 2 aromatic carbocycles. The lowest BCUT2D eigenvalue weighted by molar-refractivity contribution is 0.0494. The van der Waals surface area contributed by atoms with Gasteiger partial charge in [0.2, 0.25) is 0 Å². The minimum atomic E-state index is -0.118. The number of ketones is 1. The lowest BCUT2D eigenvalue weighted by atomic mass is 9.77. The van der Waals surface area contributed by atoms with E-state index in [9.17, 15) is 9.90 Å². The molecule has 2 aromatic rings. The van der Waals surface area contributed by atoms with Gasteiger partial charge in [0.15, 0.2) is 5.78 Å². The van der Waals surface area contributed by atoms with Crippen molar-refractivity contribution in [3.8, 4) is 5.75 Å². The zero-order valence-electron chi connectivity index (χ0n) is 14.9. The van der Waals surface area contributed by atoms with Gasteiger partial charge in [-0.2, -0.15) is 0 Å². The Labute approximate surface area is 150 Å². The Hall–Kier alpha value is -2.13. The third-order valence-electron chi connectivity index (χ3n) is 5.63. The Morgan fingerprint density at radius 1 is 1.08 bits per heavy atom. The monoisotopic (exact) mass is 337 g/mol. The first-order valence-corrected chi connectivity index (χ1v) is 9.17. The molecular weight excluding hydrogens is 310 g/mol. The number of hydrogen-bond donors (Lipinski definition) is 1. The van der Waals surface area contributed by atoms with Gasteiger partial charge in [-0.05, 0) is 50.9 Å². The van der Waals surface area contributed by atoms with E-state index in [1.165, 1.54) is 6.42 Å². The van der Waals surface area contributed by atoms with E-state index < -0.39 is 0 Å². The average Bonchev–Trinajstić information content (AvgIpc) is 2.64. The third-order valence-corrected chi connectivity index (χ3v) is 5.63. The van der Waals surface area contributed by atoms with E-state index in [0.29, 0.717) is 12.2 Å².